The van der Waals surface area contributed by atoms with Gasteiger partial charge in [-0.1, -0.05) is 0 Å². The van der Waals surface area contributed by atoms with Crippen LogP contribution in [0.2, 0.25) is 0 Å². The summed E-state index contributed by atoms with van der Waals surface area (Å²) in [7, 11) is 1.45. The van der Waals surface area contributed by atoms with Gasteiger partial charge in [-0.3, -0.25) is 4.79 Å². The monoisotopic (exact) mass is 357 g/mol. The van der Waals surface area contributed by atoms with Gasteiger partial charge in [0.05, 0.1) is 44.8 Å². The Morgan fingerprint density at radius 1 is 1.17 bits per heavy atom. The zero-order valence-corrected chi connectivity index (χ0v) is 15.2. The first-order chi connectivity index (χ1) is 11.2. The van der Waals surface area contributed by atoms with Crippen molar-refractivity contribution in [3.05, 3.63) is 17.7 Å². The molecule has 0 radical (unpaired) electrons. The van der Waals surface area contributed by atoms with E-state index in [1.54, 1.807) is 19.1 Å². The minimum absolute atomic E-state index is 0.0268. The normalized spacial score (nSPS) is 22.0. The number of ether oxygens (including phenoxy) is 3. The lowest BCUT2D eigenvalue weighted by Crippen LogP contribution is -2.47. The summed E-state index contributed by atoms with van der Waals surface area (Å²) in [5.41, 5.74) is -0.0252. The van der Waals surface area contributed by atoms with Gasteiger partial charge in [0.25, 0.3) is 0 Å². The summed E-state index contributed by atoms with van der Waals surface area (Å²) in [4.78, 5) is 12.3. The Morgan fingerprint density at radius 3 is 2.17 bits per heavy atom. The summed E-state index contributed by atoms with van der Waals surface area (Å²) >= 11 is 0. The molecule has 1 N–H and O–H groups in total. The Balaban J connectivity index is 2.14. The summed E-state index contributed by atoms with van der Waals surface area (Å²) in [5.74, 6) is 1.22. The van der Waals surface area contributed by atoms with Crippen LogP contribution in [-0.2, 0) is 21.1 Å². The molecule has 1 atom stereocenters. The maximum atomic E-state index is 12.3. The van der Waals surface area contributed by atoms with E-state index in [9.17, 15) is 13.2 Å². The predicted molar refractivity (Wildman–Crippen MR) is 89.6 cm³/mol. The first kappa shape index (κ1) is 18.4. The van der Waals surface area contributed by atoms with Crippen LogP contribution in [0, 0.1) is 0 Å². The van der Waals surface area contributed by atoms with Gasteiger partial charge in [-0.15, -0.1) is 0 Å². The molecule has 1 fully saturated rings. The van der Waals surface area contributed by atoms with Crippen LogP contribution in [0.4, 0.5) is 0 Å². The average molecular weight is 357 g/mol. The van der Waals surface area contributed by atoms with Crippen molar-refractivity contribution >= 4 is 15.7 Å². The van der Waals surface area contributed by atoms with Gasteiger partial charge in [0.1, 0.15) is 0 Å². The van der Waals surface area contributed by atoms with Crippen LogP contribution in [-0.4, -0.2) is 52.7 Å². The second-order valence-electron chi connectivity index (χ2n) is 6.16. The van der Waals surface area contributed by atoms with E-state index in [4.69, 9.17) is 14.2 Å². The maximum Gasteiger partial charge on any atom is 0.224 e. The Bertz CT molecular complexity index is 705. The fraction of sp³-hybridized carbons (Fsp3) is 0.562. The smallest absolute Gasteiger partial charge is 0.224 e. The van der Waals surface area contributed by atoms with E-state index in [1.807, 2.05) is 0 Å². The highest BCUT2D eigenvalue weighted by Crippen LogP contribution is 2.38. The third kappa shape index (κ3) is 4.11. The third-order valence-corrected chi connectivity index (χ3v) is 5.94. The Labute approximate surface area is 142 Å². The van der Waals surface area contributed by atoms with Crippen LogP contribution < -0.4 is 19.5 Å². The Hall–Kier alpha value is -1.96. The molecule has 8 heteroatoms. The molecule has 24 heavy (non-hydrogen) atoms. The fourth-order valence-electron chi connectivity index (χ4n) is 2.91. The van der Waals surface area contributed by atoms with Gasteiger partial charge in [-0.25, -0.2) is 8.42 Å². The molecule has 1 amide bonds. The molecule has 0 unspecified atom stereocenters. The molecule has 2 rings (SSSR count). The summed E-state index contributed by atoms with van der Waals surface area (Å²) in [6, 6.07) is 3.41. The van der Waals surface area contributed by atoms with E-state index in [2.05, 4.69) is 5.32 Å². The second kappa shape index (κ2) is 6.88. The van der Waals surface area contributed by atoms with E-state index in [-0.39, 0.29) is 23.8 Å². The molecule has 0 saturated carbocycles. The molecular formula is C16H23NO6S. The highest BCUT2D eigenvalue weighted by atomic mass is 32.2. The van der Waals surface area contributed by atoms with Crippen LogP contribution in [0.5, 0.6) is 17.2 Å². The zero-order valence-electron chi connectivity index (χ0n) is 14.3. The maximum absolute atomic E-state index is 12.3. The van der Waals surface area contributed by atoms with Gasteiger partial charge in [0.2, 0.25) is 11.7 Å². The predicted octanol–water partition coefficient (Wildman–Crippen LogP) is 0.948. The first-order valence-electron chi connectivity index (χ1n) is 7.52. The van der Waals surface area contributed by atoms with Crippen LogP contribution in [0.25, 0.3) is 0 Å². The third-order valence-electron chi connectivity index (χ3n) is 4.03. The molecule has 0 aliphatic carbocycles. The molecule has 134 valence electrons. The lowest BCUT2D eigenvalue weighted by molar-refractivity contribution is -0.121. The van der Waals surface area contributed by atoms with Crippen LogP contribution in [0.3, 0.4) is 0 Å². The number of benzene rings is 1. The number of amides is 1. The quantitative estimate of drug-likeness (QED) is 0.815. The van der Waals surface area contributed by atoms with E-state index < -0.39 is 15.4 Å². The topological polar surface area (TPSA) is 90.9 Å². The second-order valence-corrected chi connectivity index (χ2v) is 8.35. The van der Waals surface area contributed by atoms with Crippen molar-refractivity contribution in [2.24, 2.45) is 0 Å². The highest BCUT2D eigenvalue weighted by Gasteiger charge is 2.39. The molecule has 1 aliphatic heterocycles. The molecule has 1 aromatic rings. The van der Waals surface area contributed by atoms with E-state index in [0.717, 1.165) is 0 Å². The Kier molecular flexibility index (Phi) is 5.27. The SMILES string of the molecule is COc1cc(CC(=O)N[C@@]2(C)CCS(=O)(=O)C2)cc(OC)c1OC. The molecule has 1 aliphatic rings. The first-order valence-corrected chi connectivity index (χ1v) is 9.34. The van der Waals surface area contributed by atoms with Crippen LogP contribution >= 0.6 is 0 Å². The van der Waals surface area contributed by atoms with Crippen molar-refractivity contribution in [3.8, 4) is 17.2 Å². The number of methoxy groups -OCH3 is 3. The number of nitrogens with one attached hydrogen (secondary N) is 1. The summed E-state index contributed by atoms with van der Waals surface area (Å²) < 4.78 is 39.0. The van der Waals surface area contributed by atoms with Gasteiger partial charge in [-0.05, 0) is 31.0 Å². The minimum Gasteiger partial charge on any atom is -0.493 e. The zero-order chi connectivity index (χ0) is 18.0. The summed E-state index contributed by atoms with van der Waals surface area (Å²) in [5, 5.41) is 2.83. The Morgan fingerprint density at radius 2 is 1.75 bits per heavy atom. The molecule has 0 spiro atoms. The van der Waals surface area contributed by atoms with Crippen molar-refractivity contribution in [1.82, 2.24) is 5.32 Å². The lowest BCUT2D eigenvalue weighted by atomic mass is 10.0. The number of hydrogen-bond acceptors (Lipinski definition) is 6. The molecule has 1 heterocycles. The van der Waals surface area contributed by atoms with Gasteiger partial charge in [0, 0.05) is 0 Å². The fourth-order valence-corrected chi connectivity index (χ4v) is 5.01. The molecular weight excluding hydrogens is 334 g/mol. The van der Waals surface area contributed by atoms with Gasteiger partial charge in [-0.2, -0.15) is 0 Å². The molecule has 0 bridgehead atoms. The van der Waals surface area contributed by atoms with Gasteiger partial charge >= 0.3 is 0 Å². The standard InChI is InChI=1S/C16H23NO6S/c1-16(5-6-24(19,20)10-16)17-14(18)9-11-7-12(21-2)15(23-4)13(8-11)22-3/h7-8H,5-6,9-10H2,1-4H3,(H,17,18)/t16-/m0/s1. The average Bonchev–Trinajstić information content (AvgIpc) is 2.78. The number of carbonyl (C=O) groups is 1. The van der Waals surface area contributed by atoms with Crippen molar-refractivity contribution in [3.63, 3.8) is 0 Å². The van der Waals surface area contributed by atoms with Gasteiger partial charge < -0.3 is 19.5 Å². The largest absolute Gasteiger partial charge is 0.493 e. The number of carbonyl (C=O) groups excluding carboxylic acids is 1. The highest BCUT2D eigenvalue weighted by molar-refractivity contribution is 7.91. The summed E-state index contributed by atoms with van der Waals surface area (Å²) in [6.45, 7) is 1.75. The molecule has 1 aromatic carbocycles. The van der Waals surface area contributed by atoms with Gasteiger partial charge in [0.15, 0.2) is 21.3 Å². The number of hydrogen-bond donors (Lipinski definition) is 1. The van der Waals surface area contributed by atoms with Crippen molar-refractivity contribution in [2.45, 2.75) is 25.3 Å². The number of rotatable bonds is 6. The molecule has 7 nitrogen and oxygen atoms in total. The van der Waals surface area contributed by atoms with E-state index in [0.29, 0.717) is 29.2 Å². The minimum atomic E-state index is -3.07. The summed E-state index contributed by atoms with van der Waals surface area (Å²) in [6.07, 6.45) is 0.517. The van der Waals surface area contributed by atoms with Crippen molar-refractivity contribution < 1.29 is 27.4 Å². The van der Waals surface area contributed by atoms with Crippen molar-refractivity contribution in [2.75, 3.05) is 32.8 Å². The number of sulfone groups is 1. The molecule has 0 aromatic heterocycles. The van der Waals surface area contributed by atoms with Crippen molar-refractivity contribution in [1.29, 1.82) is 0 Å². The van der Waals surface area contributed by atoms with E-state index >= 15 is 0 Å². The van der Waals surface area contributed by atoms with E-state index in [1.165, 1.54) is 21.3 Å². The lowest BCUT2D eigenvalue weighted by Gasteiger charge is -2.24. The van der Waals surface area contributed by atoms with Crippen LogP contribution in [0.1, 0.15) is 18.9 Å². The van der Waals surface area contributed by atoms with Crippen LogP contribution in [0.15, 0.2) is 12.1 Å². The molecule has 1 saturated heterocycles.